The Bertz CT molecular complexity index is 280. The van der Waals surface area contributed by atoms with Gasteiger partial charge in [-0.15, -0.1) is 0 Å². The van der Waals surface area contributed by atoms with Crippen LogP contribution in [0.5, 0.6) is 0 Å². The summed E-state index contributed by atoms with van der Waals surface area (Å²) in [6.45, 7) is 8.09. The first-order valence-electron chi connectivity index (χ1n) is 13.6. The second-order valence-electron chi connectivity index (χ2n) is 8.85. The van der Waals surface area contributed by atoms with Gasteiger partial charge in [0.05, 0.1) is 0 Å². The zero-order valence-electron chi connectivity index (χ0n) is 20.7. The molecule has 0 radical (unpaired) electrons. The molecule has 0 saturated heterocycles. The molecule has 0 bridgehead atoms. The summed E-state index contributed by atoms with van der Waals surface area (Å²) in [6.07, 6.45) is 28.8. The highest BCUT2D eigenvalue weighted by molar-refractivity contribution is 6.44. The number of hydrogen-bond acceptors (Lipinski definition) is 2. The molecule has 176 valence electrons. The van der Waals surface area contributed by atoms with Gasteiger partial charge in [-0.1, -0.05) is 135 Å². The third kappa shape index (κ3) is 24.3. The zero-order valence-corrected chi connectivity index (χ0v) is 21.8. The Morgan fingerprint density at radius 3 is 0.931 bits per heavy atom. The molecule has 3 heteroatoms. The lowest BCUT2D eigenvalue weighted by Crippen LogP contribution is -2.22. The molecule has 0 aromatic rings. The summed E-state index contributed by atoms with van der Waals surface area (Å²) in [5.41, 5.74) is 0. The van der Waals surface area contributed by atoms with Crippen LogP contribution >= 0.6 is 0 Å². The normalized spacial score (nSPS) is 11.6. The molecule has 0 atom stereocenters. The maximum absolute atomic E-state index is 5.74. The van der Waals surface area contributed by atoms with Crippen LogP contribution in [-0.4, -0.2) is 22.5 Å². The van der Waals surface area contributed by atoms with Gasteiger partial charge in [-0.2, -0.15) is 0 Å². The van der Waals surface area contributed by atoms with Crippen molar-refractivity contribution in [1.82, 2.24) is 0 Å². The van der Waals surface area contributed by atoms with Gasteiger partial charge in [0.2, 0.25) is 0 Å². The van der Waals surface area contributed by atoms with Crippen molar-refractivity contribution in [2.45, 2.75) is 155 Å². The predicted molar refractivity (Wildman–Crippen MR) is 133 cm³/mol. The first-order valence-corrected chi connectivity index (χ1v) is 15.3. The highest BCUT2D eigenvalue weighted by Gasteiger charge is 2.10. The molecule has 0 aliphatic heterocycles. The highest BCUT2D eigenvalue weighted by atomic mass is 28.3. The Hall–Kier alpha value is 0.137. The molecule has 0 amide bonds. The van der Waals surface area contributed by atoms with Crippen LogP contribution in [0.4, 0.5) is 0 Å². The summed E-state index contributed by atoms with van der Waals surface area (Å²) in [5, 5.41) is 0. The molecule has 0 unspecified atom stereocenters. The Balaban J connectivity index is 3.11. The molecule has 0 rings (SSSR count). The SMILES string of the molecule is CCCCCCCCCCCCCCCCCCCCCC[SiH](OCC)OCC. The molecular formula is C26H56O2Si. The quantitative estimate of drug-likeness (QED) is 0.107. The van der Waals surface area contributed by atoms with E-state index in [9.17, 15) is 0 Å². The first kappa shape index (κ1) is 29.1. The summed E-state index contributed by atoms with van der Waals surface area (Å²) >= 11 is 0. The summed E-state index contributed by atoms with van der Waals surface area (Å²) in [7, 11) is -1.33. The number of hydrogen-bond donors (Lipinski definition) is 0. The number of rotatable bonds is 25. The van der Waals surface area contributed by atoms with Crippen LogP contribution in [0.15, 0.2) is 0 Å². The summed E-state index contributed by atoms with van der Waals surface area (Å²) in [6, 6.07) is 1.20. The fourth-order valence-electron chi connectivity index (χ4n) is 4.15. The van der Waals surface area contributed by atoms with Crippen LogP contribution in [0.3, 0.4) is 0 Å². The van der Waals surface area contributed by atoms with E-state index in [1.807, 2.05) is 0 Å². The molecule has 0 aromatic heterocycles. The molecule has 0 fully saturated rings. The molecule has 29 heavy (non-hydrogen) atoms. The summed E-state index contributed by atoms with van der Waals surface area (Å²) in [4.78, 5) is 0. The highest BCUT2D eigenvalue weighted by Crippen LogP contribution is 2.15. The Morgan fingerprint density at radius 1 is 0.379 bits per heavy atom. The lowest BCUT2D eigenvalue weighted by molar-refractivity contribution is 0.212. The third-order valence-electron chi connectivity index (χ3n) is 6.00. The fraction of sp³-hybridized carbons (Fsp3) is 1.00. The molecule has 0 aliphatic carbocycles. The van der Waals surface area contributed by atoms with E-state index in [0.29, 0.717) is 0 Å². The van der Waals surface area contributed by atoms with E-state index in [0.717, 1.165) is 13.2 Å². The monoisotopic (exact) mass is 428 g/mol. The van der Waals surface area contributed by atoms with E-state index in [1.165, 1.54) is 134 Å². The number of unbranched alkanes of at least 4 members (excludes halogenated alkanes) is 19. The van der Waals surface area contributed by atoms with Crippen LogP contribution in [0.2, 0.25) is 6.04 Å². The predicted octanol–water partition coefficient (Wildman–Crippen LogP) is 9.10. The van der Waals surface area contributed by atoms with Gasteiger partial charge >= 0.3 is 9.28 Å². The van der Waals surface area contributed by atoms with Crippen molar-refractivity contribution < 1.29 is 8.85 Å². The largest absolute Gasteiger partial charge is 0.397 e. The molecule has 0 N–H and O–H groups in total. The molecule has 0 aliphatic rings. The van der Waals surface area contributed by atoms with Crippen molar-refractivity contribution in [3.8, 4) is 0 Å². The summed E-state index contributed by atoms with van der Waals surface area (Å²) < 4.78 is 11.5. The van der Waals surface area contributed by atoms with Gasteiger partial charge in [-0.25, -0.2) is 0 Å². The maximum atomic E-state index is 5.74. The Labute approximate surface area is 186 Å². The topological polar surface area (TPSA) is 18.5 Å². The molecule has 2 nitrogen and oxygen atoms in total. The van der Waals surface area contributed by atoms with Crippen molar-refractivity contribution in [3.05, 3.63) is 0 Å². The minimum Gasteiger partial charge on any atom is -0.397 e. The third-order valence-corrected chi connectivity index (χ3v) is 8.29. The lowest BCUT2D eigenvalue weighted by Gasteiger charge is -2.14. The van der Waals surface area contributed by atoms with Crippen LogP contribution in [0.1, 0.15) is 149 Å². The van der Waals surface area contributed by atoms with Crippen molar-refractivity contribution >= 4 is 9.28 Å². The Morgan fingerprint density at radius 2 is 0.655 bits per heavy atom. The van der Waals surface area contributed by atoms with E-state index in [2.05, 4.69) is 20.8 Å². The van der Waals surface area contributed by atoms with Gasteiger partial charge in [0, 0.05) is 13.2 Å². The second-order valence-corrected chi connectivity index (χ2v) is 10.9. The smallest absolute Gasteiger partial charge is 0.321 e. The van der Waals surface area contributed by atoms with Gasteiger partial charge in [0.15, 0.2) is 0 Å². The van der Waals surface area contributed by atoms with Crippen LogP contribution in [-0.2, 0) is 8.85 Å². The second kappa shape index (κ2) is 26.2. The minimum atomic E-state index is -1.33. The standard InChI is InChI=1S/C26H56O2Si/c1-4-7-8-9-10-11-12-13-14-15-16-17-18-19-20-21-22-23-24-25-26-29(27-5-2)28-6-3/h29H,4-26H2,1-3H3. The first-order chi connectivity index (χ1) is 14.3. The van der Waals surface area contributed by atoms with E-state index in [-0.39, 0.29) is 0 Å². The van der Waals surface area contributed by atoms with Crippen LogP contribution in [0, 0.1) is 0 Å². The van der Waals surface area contributed by atoms with Crippen molar-refractivity contribution in [3.63, 3.8) is 0 Å². The molecular weight excluding hydrogens is 372 g/mol. The molecule has 0 saturated carbocycles. The minimum absolute atomic E-state index is 0.816. The molecule has 0 aromatic carbocycles. The molecule has 0 heterocycles. The maximum Gasteiger partial charge on any atom is 0.321 e. The van der Waals surface area contributed by atoms with Crippen molar-refractivity contribution in [1.29, 1.82) is 0 Å². The Kier molecular flexibility index (Phi) is 26.3. The van der Waals surface area contributed by atoms with Gasteiger partial charge in [-0.3, -0.25) is 0 Å². The van der Waals surface area contributed by atoms with Gasteiger partial charge in [-0.05, 0) is 19.9 Å². The van der Waals surface area contributed by atoms with Crippen molar-refractivity contribution in [2.75, 3.05) is 13.2 Å². The van der Waals surface area contributed by atoms with Crippen LogP contribution in [0.25, 0.3) is 0 Å². The van der Waals surface area contributed by atoms with E-state index in [1.54, 1.807) is 0 Å². The van der Waals surface area contributed by atoms with Gasteiger partial charge in [0.1, 0.15) is 0 Å². The lowest BCUT2D eigenvalue weighted by atomic mass is 10.0. The van der Waals surface area contributed by atoms with Crippen LogP contribution < -0.4 is 0 Å². The molecule has 0 spiro atoms. The average Bonchev–Trinajstić information content (AvgIpc) is 2.72. The van der Waals surface area contributed by atoms with E-state index in [4.69, 9.17) is 8.85 Å². The zero-order chi connectivity index (χ0) is 21.3. The van der Waals surface area contributed by atoms with E-state index >= 15 is 0 Å². The van der Waals surface area contributed by atoms with Gasteiger partial charge in [0.25, 0.3) is 0 Å². The fourth-order valence-corrected chi connectivity index (χ4v) is 5.95. The van der Waals surface area contributed by atoms with Crippen molar-refractivity contribution in [2.24, 2.45) is 0 Å². The van der Waals surface area contributed by atoms with Gasteiger partial charge < -0.3 is 8.85 Å². The average molecular weight is 429 g/mol. The summed E-state index contributed by atoms with van der Waals surface area (Å²) in [5.74, 6) is 0. The van der Waals surface area contributed by atoms with E-state index < -0.39 is 9.28 Å².